The van der Waals surface area contributed by atoms with E-state index in [1.54, 1.807) is 12.0 Å². The number of morpholine rings is 1. The number of amides is 2. The van der Waals surface area contributed by atoms with Crippen LogP contribution in [-0.4, -0.2) is 62.8 Å². The highest BCUT2D eigenvalue weighted by Gasteiger charge is 2.26. The van der Waals surface area contributed by atoms with Crippen LogP contribution in [0.5, 0.6) is 0 Å². The summed E-state index contributed by atoms with van der Waals surface area (Å²) in [6.45, 7) is 2.18. The van der Waals surface area contributed by atoms with Gasteiger partial charge in [0.05, 0.1) is 12.7 Å². The van der Waals surface area contributed by atoms with Gasteiger partial charge in [-0.05, 0) is 18.8 Å². The van der Waals surface area contributed by atoms with E-state index in [2.05, 4.69) is 5.32 Å². The van der Waals surface area contributed by atoms with E-state index in [1.807, 2.05) is 0 Å². The van der Waals surface area contributed by atoms with Crippen molar-refractivity contribution in [3.63, 3.8) is 0 Å². The fourth-order valence-electron chi connectivity index (χ4n) is 3.17. The highest BCUT2D eigenvalue weighted by Crippen LogP contribution is 2.26. The van der Waals surface area contributed by atoms with Crippen molar-refractivity contribution in [1.29, 1.82) is 0 Å². The minimum Gasteiger partial charge on any atom is -0.383 e. The van der Waals surface area contributed by atoms with Crippen LogP contribution in [-0.2, 0) is 19.1 Å². The van der Waals surface area contributed by atoms with Gasteiger partial charge in [-0.15, -0.1) is 0 Å². The summed E-state index contributed by atoms with van der Waals surface area (Å²) in [5.74, 6) is 0.637. The smallest absolute Gasteiger partial charge is 0.248 e. The molecule has 0 aromatic carbocycles. The van der Waals surface area contributed by atoms with Crippen molar-refractivity contribution in [2.75, 3.05) is 40.0 Å². The molecule has 0 aromatic rings. The second kappa shape index (κ2) is 9.10. The van der Waals surface area contributed by atoms with Crippen molar-refractivity contribution >= 4 is 11.8 Å². The van der Waals surface area contributed by atoms with Crippen LogP contribution >= 0.6 is 0 Å². The first-order valence-corrected chi connectivity index (χ1v) is 8.34. The van der Waals surface area contributed by atoms with E-state index in [-0.39, 0.29) is 24.5 Å². The summed E-state index contributed by atoms with van der Waals surface area (Å²) in [5, 5.41) is 2.96. The van der Waals surface area contributed by atoms with Crippen LogP contribution in [0.2, 0.25) is 0 Å². The Morgan fingerprint density at radius 3 is 2.86 bits per heavy atom. The molecule has 0 aromatic heterocycles. The molecule has 1 N–H and O–H groups in total. The maximum absolute atomic E-state index is 12.0. The summed E-state index contributed by atoms with van der Waals surface area (Å²) >= 11 is 0. The lowest BCUT2D eigenvalue weighted by Gasteiger charge is -2.32. The summed E-state index contributed by atoms with van der Waals surface area (Å²) < 4.78 is 10.5. The summed E-state index contributed by atoms with van der Waals surface area (Å²) in [5.41, 5.74) is 0. The third kappa shape index (κ3) is 5.57. The Hall–Kier alpha value is -1.14. The summed E-state index contributed by atoms with van der Waals surface area (Å²) in [6, 6.07) is 0. The molecule has 0 spiro atoms. The molecule has 0 radical (unpaired) electrons. The number of methoxy groups -OCH3 is 1. The molecule has 2 amide bonds. The normalized spacial score (nSPS) is 23.6. The second-order valence-corrected chi connectivity index (χ2v) is 6.28. The highest BCUT2D eigenvalue weighted by molar-refractivity contribution is 5.78. The molecule has 1 atom stereocenters. The minimum atomic E-state index is -0.120. The van der Waals surface area contributed by atoms with Crippen molar-refractivity contribution in [2.45, 2.75) is 44.6 Å². The Bertz CT molecular complexity index is 369. The number of carbonyl (C=O) groups excluding carboxylic acids is 2. The Labute approximate surface area is 132 Å². The summed E-state index contributed by atoms with van der Waals surface area (Å²) in [4.78, 5) is 25.5. The van der Waals surface area contributed by atoms with E-state index >= 15 is 0 Å². The summed E-state index contributed by atoms with van der Waals surface area (Å²) in [6.07, 6.45) is 6.66. The van der Waals surface area contributed by atoms with Gasteiger partial charge in [-0.1, -0.05) is 19.3 Å². The molecule has 6 heteroatoms. The highest BCUT2D eigenvalue weighted by atomic mass is 16.5. The molecule has 1 aliphatic heterocycles. The van der Waals surface area contributed by atoms with E-state index in [0.717, 1.165) is 0 Å². The lowest BCUT2D eigenvalue weighted by atomic mass is 9.87. The molecule has 2 aliphatic rings. The number of nitrogens with zero attached hydrogens (tertiary/aromatic N) is 1. The van der Waals surface area contributed by atoms with Crippen molar-refractivity contribution < 1.29 is 19.1 Å². The van der Waals surface area contributed by atoms with Crippen LogP contribution in [0.15, 0.2) is 0 Å². The average Bonchev–Trinajstić information content (AvgIpc) is 2.54. The Morgan fingerprint density at radius 2 is 2.14 bits per heavy atom. The summed E-state index contributed by atoms with van der Waals surface area (Å²) in [7, 11) is 1.62. The molecule has 2 fully saturated rings. The van der Waals surface area contributed by atoms with E-state index in [4.69, 9.17) is 9.47 Å². The van der Waals surface area contributed by atoms with Gasteiger partial charge in [0.2, 0.25) is 11.8 Å². The van der Waals surface area contributed by atoms with E-state index in [9.17, 15) is 9.59 Å². The first-order chi connectivity index (χ1) is 10.7. The molecule has 126 valence electrons. The number of nitrogens with one attached hydrogen (secondary N) is 1. The Balaban J connectivity index is 1.66. The predicted molar refractivity (Wildman–Crippen MR) is 82.4 cm³/mol. The van der Waals surface area contributed by atoms with Crippen LogP contribution in [0.1, 0.15) is 38.5 Å². The van der Waals surface area contributed by atoms with Gasteiger partial charge < -0.3 is 19.7 Å². The first kappa shape index (κ1) is 17.2. The maximum atomic E-state index is 12.0. The molecule has 1 aliphatic carbocycles. The standard InChI is InChI=1S/C16H28N2O4/c1-21-8-7-18-11-14(22-12-16(18)20)10-17-15(19)9-13-5-3-2-4-6-13/h13-14H,2-12H2,1H3,(H,17,19). The molecule has 1 unspecified atom stereocenters. The van der Waals surface area contributed by atoms with E-state index in [1.165, 1.54) is 32.1 Å². The molecular formula is C16H28N2O4. The Morgan fingerprint density at radius 1 is 1.36 bits per heavy atom. The zero-order chi connectivity index (χ0) is 15.8. The lowest BCUT2D eigenvalue weighted by Crippen LogP contribution is -2.51. The van der Waals surface area contributed by atoms with Crippen molar-refractivity contribution in [2.24, 2.45) is 5.92 Å². The van der Waals surface area contributed by atoms with Crippen LogP contribution < -0.4 is 5.32 Å². The van der Waals surface area contributed by atoms with Crippen LogP contribution in [0, 0.1) is 5.92 Å². The largest absolute Gasteiger partial charge is 0.383 e. The van der Waals surface area contributed by atoms with E-state index in [0.29, 0.717) is 38.6 Å². The quantitative estimate of drug-likeness (QED) is 0.760. The van der Waals surface area contributed by atoms with Crippen LogP contribution in [0.3, 0.4) is 0 Å². The fraction of sp³-hybridized carbons (Fsp3) is 0.875. The second-order valence-electron chi connectivity index (χ2n) is 6.28. The van der Waals surface area contributed by atoms with Gasteiger partial charge in [-0.25, -0.2) is 0 Å². The minimum absolute atomic E-state index is 0.0122. The predicted octanol–water partition coefficient (Wildman–Crippen LogP) is 0.947. The molecule has 1 saturated heterocycles. The maximum Gasteiger partial charge on any atom is 0.248 e. The van der Waals surface area contributed by atoms with Crippen molar-refractivity contribution in [3.8, 4) is 0 Å². The van der Waals surface area contributed by atoms with Crippen molar-refractivity contribution in [1.82, 2.24) is 10.2 Å². The van der Waals surface area contributed by atoms with Crippen molar-refractivity contribution in [3.05, 3.63) is 0 Å². The number of ether oxygens (including phenoxy) is 2. The molecule has 1 saturated carbocycles. The SMILES string of the molecule is COCCN1CC(CNC(=O)CC2CCCCC2)OCC1=O. The van der Waals surface area contributed by atoms with E-state index < -0.39 is 0 Å². The monoisotopic (exact) mass is 312 g/mol. The molecule has 0 bridgehead atoms. The first-order valence-electron chi connectivity index (χ1n) is 8.34. The lowest BCUT2D eigenvalue weighted by molar-refractivity contribution is -0.149. The fourth-order valence-corrected chi connectivity index (χ4v) is 3.17. The number of hydrogen-bond donors (Lipinski definition) is 1. The average molecular weight is 312 g/mol. The van der Waals surface area contributed by atoms with Gasteiger partial charge in [-0.3, -0.25) is 9.59 Å². The van der Waals surface area contributed by atoms with Gasteiger partial charge in [0.25, 0.3) is 0 Å². The van der Waals surface area contributed by atoms with Gasteiger partial charge >= 0.3 is 0 Å². The molecule has 6 nitrogen and oxygen atoms in total. The molecular weight excluding hydrogens is 284 g/mol. The van der Waals surface area contributed by atoms with Crippen LogP contribution in [0.25, 0.3) is 0 Å². The molecule has 22 heavy (non-hydrogen) atoms. The number of hydrogen-bond acceptors (Lipinski definition) is 4. The third-order valence-corrected chi connectivity index (χ3v) is 4.51. The topological polar surface area (TPSA) is 67.9 Å². The van der Waals surface area contributed by atoms with Gasteiger partial charge in [0, 0.05) is 33.2 Å². The zero-order valence-corrected chi connectivity index (χ0v) is 13.5. The van der Waals surface area contributed by atoms with Gasteiger partial charge in [0.15, 0.2) is 0 Å². The number of rotatable bonds is 7. The van der Waals surface area contributed by atoms with Gasteiger partial charge in [-0.2, -0.15) is 0 Å². The van der Waals surface area contributed by atoms with Gasteiger partial charge in [0.1, 0.15) is 6.61 Å². The van der Waals surface area contributed by atoms with Crippen LogP contribution in [0.4, 0.5) is 0 Å². The molecule has 2 rings (SSSR count). The molecule has 1 heterocycles. The Kier molecular flexibility index (Phi) is 7.12. The number of carbonyl (C=O) groups is 2. The third-order valence-electron chi connectivity index (χ3n) is 4.51. The zero-order valence-electron chi connectivity index (χ0n) is 13.5.